The minimum Gasteiger partial charge on any atom is -0.268 e. The van der Waals surface area contributed by atoms with E-state index < -0.39 is 11.1 Å². The number of carbonyl (C=O) groups is 1. The van der Waals surface area contributed by atoms with Crippen molar-refractivity contribution in [2.45, 2.75) is 77.6 Å². The third kappa shape index (κ3) is 14.7. The van der Waals surface area contributed by atoms with Gasteiger partial charge in [-0.15, -0.1) is 10.1 Å². The average Bonchev–Trinajstić information content (AvgIpc) is 2.39. The molecule has 0 aliphatic carbocycles. The lowest BCUT2D eigenvalue weighted by Crippen LogP contribution is -2.09. The smallest absolute Gasteiger partial charge is 0.268 e. The second-order valence-electron chi connectivity index (χ2n) is 4.96. The van der Waals surface area contributed by atoms with E-state index in [9.17, 15) is 14.9 Å². The van der Waals surface area contributed by atoms with Crippen LogP contribution in [0.15, 0.2) is 12.2 Å². The standard InChI is InChI=1S/C15H27NO4/c1-2-3-4-5-6-7-8-9-10-11-12-13-14-15(17)20-16(18)19/h6-7H,2-5,8-14H2,1H3/b7-6+. The fourth-order valence-electron chi connectivity index (χ4n) is 1.94. The van der Waals surface area contributed by atoms with Crippen LogP contribution >= 0.6 is 0 Å². The predicted molar refractivity (Wildman–Crippen MR) is 78.7 cm³/mol. The third-order valence-electron chi connectivity index (χ3n) is 3.07. The van der Waals surface area contributed by atoms with Gasteiger partial charge in [0.25, 0.3) is 0 Å². The van der Waals surface area contributed by atoms with Crippen molar-refractivity contribution >= 4 is 5.97 Å². The van der Waals surface area contributed by atoms with Gasteiger partial charge in [0.2, 0.25) is 0 Å². The molecule has 0 saturated carbocycles. The molecule has 0 aromatic carbocycles. The van der Waals surface area contributed by atoms with Gasteiger partial charge in [0.1, 0.15) is 0 Å². The highest BCUT2D eigenvalue weighted by atomic mass is 17.0. The largest absolute Gasteiger partial charge is 0.303 e. The van der Waals surface area contributed by atoms with Gasteiger partial charge in [-0.1, -0.05) is 51.2 Å². The van der Waals surface area contributed by atoms with Crippen LogP contribution in [0.4, 0.5) is 0 Å². The molecule has 0 aliphatic heterocycles. The first-order valence-electron chi connectivity index (χ1n) is 7.67. The van der Waals surface area contributed by atoms with Gasteiger partial charge < -0.3 is 0 Å². The molecular weight excluding hydrogens is 258 g/mol. The Balaban J connectivity index is 3.20. The van der Waals surface area contributed by atoms with Crippen molar-refractivity contribution in [3.63, 3.8) is 0 Å². The fraction of sp³-hybridized carbons (Fsp3) is 0.800. The topological polar surface area (TPSA) is 69.4 Å². The lowest BCUT2D eigenvalue weighted by Gasteiger charge is -1.99. The molecule has 0 N–H and O–H groups in total. The summed E-state index contributed by atoms with van der Waals surface area (Å²) in [5.74, 6) is -0.745. The van der Waals surface area contributed by atoms with E-state index in [0.29, 0.717) is 6.42 Å². The molecule has 0 heterocycles. The Hall–Kier alpha value is -1.39. The minimum absolute atomic E-state index is 0.137. The van der Waals surface area contributed by atoms with E-state index in [0.717, 1.165) is 25.7 Å². The first kappa shape index (κ1) is 18.6. The van der Waals surface area contributed by atoms with Crippen molar-refractivity contribution < 1.29 is 14.7 Å². The molecule has 0 saturated heterocycles. The molecule has 0 amide bonds. The summed E-state index contributed by atoms with van der Waals surface area (Å²) in [5, 5.41) is 8.84. The fourth-order valence-corrected chi connectivity index (χ4v) is 1.94. The second kappa shape index (κ2) is 14.0. The highest BCUT2D eigenvalue weighted by Crippen LogP contribution is 2.09. The predicted octanol–water partition coefficient (Wildman–Crippen LogP) is 4.59. The van der Waals surface area contributed by atoms with Crippen LogP contribution in [0, 0.1) is 10.1 Å². The van der Waals surface area contributed by atoms with Crippen LogP contribution < -0.4 is 0 Å². The van der Waals surface area contributed by atoms with Gasteiger partial charge in [-0.3, -0.25) is 4.79 Å². The van der Waals surface area contributed by atoms with Gasteiger partial charge >= 0.3 is 11.1 Å². The molecule has 0 aliphatic rings. The Bertz CT molecular complexity index is 290. The van der Waals surface area contributed by atoms with Crippen molar-refractivity contribution in [3.05, 3.63) is 22.3 Å². The molecule has 0 rings (SSSR count). The van der Waals surface area contributed by atoms with E-state index in [-0.39, 0.29) is 6.42 Å². The van der Waals surface area contributed by atoms with Crippen molar-refractivity contribution in [2.75, 3.05) is 0 Å². The van der Waals surface area contributed by atoms with Crippen LogP contribution in [0.5, 0.6) is 0 Å². The lowest BCUT2D eigenvalue weighted by molar-refractivity contribution is -0.729. The third-order valence-corrected chi connectivity index (χ3v) is 3.07. The summed E-state index contributed by atoms with van der Waals surface area (Å²) >= 11 is 0. The van der Waals surface area contributed by atoms with Crippen molar-refractivity contribution in [1.29, 1.82) is 0 Å². The Labute approximate surface area is 121 Å². The molecule has 116 valence electrons. The minimum atomic E-state index is -1.05. The summed E-state index contributed by atoms with van der Waals surface area (Å²) in [6.07, 6.45) is 15.8. The molecule has 20 heavy (non-hydrogen) atoms. The number of carbonyl (C=O) groups excluding carboxylic acids is 1. The van der Waals surface area contributed by atoms with Gasteiger partial charge in [0.05, 0.1) is 0 Å². The normalized spacial score (nSPS) is 10.8. The second-order valence-corrected chi connectivity index (χ2v) is 4.96. The molecule has 0 unspecified atom stereocenters. The Morgan fingerprint density at radius 3 is 2.15 bits per heavy atom. The van der Waals surface area contributed by atoms with Gasteiger partial charge in [0, 0.05) is 6.42 Å². The van der Waals surface area contributed by atoms with Gasteiger partial charge in [-0.25, -0.2) is 4.84 Å². The molecular formula is C15H27NO4. The summed E-state index contributed by atoms with van der Waals surface area (Å²) in [6, 6.07) is 0. The van der Waals surface area contributed by atoms with Crippen LogP contribution in [0.1, 0.15) is 77.6 Å². The number of unbranched alkanes of at least 4 members (excludes halogenated alkanes) is 8. The van der Waals surface area contributed by atoms with Crippen LogP contribution in [-0.4, -0.2) is 11.1 Å². The molecule has 0 fully saturated rings. The Morgan fingerprint density at radius 2 is 1.55 bits per heavy atom. The average molecular weight is 285 g/mol. The molecule has 0 atom stereocenters. The molecule has 0 aromatic heterocycles. The molecule has 0 radical (unpaired) electrons. The van der Waals surface area contributed by atoms with Gasteiger partial charge in [0.15, 0.2) is 0 Å². The van der Waals surface area contributed by atoms with E-state index in [1.54, 1.807) is 0 Å². The highest BCUT2D eigenvalue weighted by Gasteiger charge is 2.06. The summed E-state index contributed by atoms with van der Waals surface area (Å²) in [5.41, 5.74) is 0. The quantitative estimate of drug-likeness (QED) is 0.215. The Kier molecular flexibility index (Phi) is 13.1. The lowest BCUT2D eigenvalue weighted by atomic mass is 10.1. The maximum absolute atomic E-state index is 10.9. The maximum atomic E-state index is 10.9. The zero-order valence-electron chi connectivity index (χ0n) is 12.5. The monoisotopic (exact) mass is 285 g/mol. The number of hydrogen-bond donors (Lipinski definition) is 0. The van der Waals surface area contributed by atoms with Crippen LogP contribution in [0.2, 0.25) is 0 Å². The van der Waals surface area contributed by atoms with E-state index in [1.165, 1.54) is 32.1 Å². The number of hydrogen-bond acceptors (Lipinski definition) is 4. The Morgan fingerprint density at radius 1 is 1.00 bits per heavy atom. The van der Waals surface area contributed by atoms with E-state index in [2.05, 4.69) is 23.9 Å². The SMILES string of the molecule is CCCCC/C=C/CCCCCCCC(=O)O[N+](=O)[O-]. The summed E-state index contributed by atoms with van der Waals surface area (Å²) < 4.78 is 0. The zero-order valence-corrected chi connectivity index (χ0v) is 12.5. The zero-order chi connectivity index (χ0) is 15.1. The van der Waals surface area contributed by atoms with Crippen molar-refractivity contribution in [2.24, 2.45) is 0 Å². The summed E-state index contributed by atoms with van der Waals surface area (Å²) in [7, 11) is 0. The molecule has 0 bridgehead atoms. The van der Waals surface area contributed by atoms with Crippen molar-refractivity contribution in [3.8, 4) is 0 Å². The van der Waals surface area contributed by atoms with Crippen LogP contribution in [0.3, 0.4) is 0 Å². The van der Waals surface area contributed by atoms with Crippen molar-refractivity contribution in [1.82, 2.24) is 0 Å². The van der Waals surface area contributed by atoms with Crippen LogP contribution in [-0.2, 0) is 9.63 Å². The maximum Gasteiger partial charge on any atom is 0.303 e. The molecule has 5 heteroatoms. The molecule has 0 spiro atoms. The van der Waals surface area contributed by atoms with Crippen LogP contribution in [0.25, 0.3) is 0 Å². The van der Waals surface area contributed by atoms with E-state index >= 15 is 0 Å². The summed E-state index contributed by atoms with van der Waals surface area (Å²) in [4.78, 5) is 24.6. The first-order valence-corrected chi connectivity index (χ1v) is 7.67. The number of nitrogens with zero attached hydrogens (tertiary/aromatic N) is 1. The first-order chi connectivity index (χ1) is 9.66. The number of rotatable bonds is 13. The van der Waals surface area contributed by atoms with E-state index in [1.807, 2.05) is 0 Å². The van der Waals surface area contributed by atoms with E-state index in [4.69, 9.17) is 0 Å². The highest BCUT2D eigenvalue weighted by molar-refractivity contribution is 5.68. The molecule has 5 nitrogen and oxygen atoms in total. The van der Waals surface area contributed by atoms with Gasteiger partial charge in [-0.05, 0) is 32.1 Å². The molecule has 0 aromatic rings. The van der Waals surface area contributed by atoms with Gasteiger partial charge in [-0.2, -0.15) is 0 Å². The number of allylic oxidation sites excluding steroid dienone is 2. The summed E-state index contributed by atoms with van der Waals surface area (Å²) in [6.45, 7) is 2.21.